The molecule has 2 unspecified atom stereocenters. The van der Waals surface area contributed by atoms with Crippen molar-refractivity contribution in [3.63, 3.8) is 0 Å². The van der Waals surface area contributed by atoms with Gasteiger partial charge in [0.05, 0.1) is 0 Å². The van der Waals surface area contributed by atoms with Crippen molar-refractivity contribution in [2.45, 2.75) is 64.0 Å². The molecule has 118 valence electrons. The number of nitrogens with one attached hydrogen (secondary N) is 2. The molecular formula is C14H28N2O4. The van der Waals surface area contributed by atoms with Crippen LogP contribution < -0.4 is 10.6 Å². The van der Waals surface area contributed by atoms with Crippen LogP contribution >= 0.6 is 0 Å². The number of hydrogen-bond acceptors (Lipinski definition) is 5. The summed E-state index contributed by atoms with van der Waals surface area (Å²) in [6.45, 7) is 6.24. The summed E-state index contributed by atoms with van der Waals surface area (Å²) in [7, 11) is 3.24. The highest BCUT2D eigenvalue weighted by molar-refractivity contribution is 5.68. The van der Waals surface area contributed by atoms with Crippen molar-refractivity contribution in [2.75, 3.05) is 20.8 Å². The van der Waals surface area contributed by atoms with Gasteiger partial charge in [0, 0.05) is 32.8 Å². The Bertz CT molecular complexity index is 300. The number of alkyl carbamates (subject to hydrolysis) is 1. The average Bonchev–Trinajstić information content (AvgIpc) is 2.75. The summed E-state index contributed by atoms with van der Waals surface area (Å²) >= 11 is 0. The van der Waals surface area contributed by atoms with Gasteiger partial charge in [-0.15, -0.1) is 0 Å². The fraction of sp³-hybridized carbons (Fsp3) is 0.929. The molecule has 2 atom stereocenters. The predicted molar refractivity (Wildman–Crippen MR) is 76.6 cm³/mol. The van der Waals surface area contributed by atoms with Crippen molar-refractivity contribution in [3.8, 4) is 0 Å². The maximum absolute atomic E-state index is 11.7. The van der Waals surface area contributed by atoms with Crippen molar-refractivity contribution in [1.29, 1.82) is 0 Å². The molecule has 0 heterocycles. The summed E-state index contributed by atoms with van der Waals surface area (Å²) in [5.74, 6) is 0. The lowest BCUT2D eigenvalue weighted by Gasteiger charge is -2.22. The number of rotatable bonds is 6. The van der Waals surface area contributed by atoms with Gasteiger partial charge in [0.15, 0.2) is 6.29 Å². The smallest absolute Gasteiger partial charge is 0.407 e. The molecule has 1 fully saturated rings. The van der Waals surface area contributed by atoms with Gasteiger partial charge < -0.3 is 24.8 Å². The molecular weight excluding hydrogens is 260 g/mol. The first kappa shape index (κ1) is 17.2. The van der Waals surface area contributed by atoms with E-state index in [0.29, 0.717) is 12.6 Å². The minimum Gasteiger partial charge on any atom is -0.444 e. The molecule has 1 aliphatic rings. The molecule has 0 aromatic heterocycles. The Morgan fingerprint density at radius 2 is 1.80 bits per heavy atom. The lowest BCUT2D eigenvalue weighted by atomic mass is 10.2. The van der Waals surface area contributed by atoms with E-state index in [1.54, 1.807) is 14.2 Å². The molecule has 20 heavy (non-hydrogen) atoms. The molecule has 1 aliphatic carbocycles. The molecule has 1 rings (SSSR count). The van der Waals surface area contributed by atoms with Gasteiger partial charge in [-0.05, 0) is 40.0 Å². The first-order chi connectivity index (χ1) is 9.34. The molecule has 2 N–H and O–H groups in total. The Kier molecular flexibility index (Phi) is 6.71. The zero-order valence-corrected chi connectivity index (χ0v) is 13.2. The van der Waals surface area contributed by atoms with E-state index in [4.69, 9.17) is 14.2 Å². The van der Waals surface area contributed by atoms with E-state index in [-0.39, 0.29) is 18.4 Å². The molecule has 6 heteroatoms. The Hall–Kier alpha value is -0.850. The zero-order valence-electron chi connectivity index (χ0n) is 13.2. The maximum Gasteiger partial charge on any atom is 0.407 e. The van der Waals surface area contributed by atoms with Crippen LogP contribution in [0.1, 0.15) is 40.0 Å². The lowest BCUT2D eigenvalue weighted by Crippen LogP contribution is -2.40. The van der Waals surface area contributed by atoms with Crippen molar-refractivity contribution < 1.29 is 19.0 Å². The van der Waals surface area contributed by atoms with E-state index in [1.807, 2.05) is 20.8 Å². The van der Waals surface area contributed by atoms with E-state index < -0.39 is 5.60 Å². The molecule has 1 amide bonds. The van der Waals surface area contributed by atoms with Gasteiger partial charge in [0.2, 0.25) is 0 Å². The normalized spacial score (nSPS) is 23.1. The molecule has 0 spiro atoms. The van der Waals surface area contributed by atoms with Crippen LogP contribution in [0.3, 0.4) is 0 Å². The van der Waals surface area contributed by atoms with Crippen LogP contribution in [-0.2, 0) is 14.2 Å². The summed E-state index contributed by atoms with van der Waals surface area (Å²) in [5, 5.41) is 6.31. The van der Waals surface area contributed by atoms with Crippen LogP contribution in [0.5, 0.6) is 0 Å². The molecule has 0 aromatic carbocycles. The van der Waals surface area contributed by atoms with Crippen LogP contribution in [0.25, 0.3) is 0 Å². The van der Waals surface area contributed by atoms with Gasteiger partial charge in [-0.3, -0.25) is 0 Å². The van der Waals surface area contributed by atoms with Crippen LogP contribution in [-0.4, -0.2) is 50.8 Å². The standard InChI is InChI=1S/C14H28N2O4/c1-14(2,3)20-13(17)16-11-7-6-10(8-11)15-9-12(18-4)19-5/h10-12,15H,6-9H2,1-5H3,(H,16,17). The number of carbonyl (C=O) groups is 1. The van der Waals surface area contributed by atoms with E-state index in [0.717, 1.165) is 19.3 Å². The highest BCUT2D eigenvalue weighted by atomic mass is 16.7. The number of carbonyl (C=O) groups excluding carboxylic acids is 1. The largest absolute Gasteiger partial charge is 0.444 e. The van der Waals surface area contributed by atoms with Crippen molar-refractivity contribution in [3.05, 3.63) is 0 Å². The molecule has 0 bridgehead atoms. The maximum atomic E-state index is 11.7. The summed E-state index contributed by atoms with van der Waals surface area (Å²) in [6, 6.07) is 0.550. The van der Waals surface area contributed by atoms with E-state index in [2.05, 4.69) is 10.6 Å². The fourth-order valence-corrected chi connectivity index (χ4v) is 2.30. The third-order valence-corrected chi connectivity index (χ3v) is 3.25. The van der Waals surface area contributed by atoms with Gasteiger partial charge >= 0.3 is 6.09 Å². The minimum atomic E-state index is -0.454. The van der Waals surface area contributed by atoms with Crippen LogP contribution in [0.4, 0.5) is 4.79 Å². The lowest BCUT2D eigenvalue weighted by molar-refractivity contribution is -0.0998. The highest BCUT2D eigenvalue weighted by Gasteiger charge is 2.27. The number of hydrogen-bond donors (Lipinski definition) is 2. The zero-order chi connectivity index (χ0) is 15.2. The Balaban J connectivity index is 2.24. The first-order valence-electron chi connectivity index (χ1n) is 7.12. The van der Waals surface area contributed by atoms with Crippen molar-refractivity contribution >= 4 is 6.09 Å². The second-order valence-corrected chi connectivity index (χ2v) is 6.16. The quantitative estimate of drug-likeness (QED) is 0.727. The number of methoxy groups -OCH3 is 2. The summed E-state index contributed by atoms with van der Waals surface area (Å²) in [5.41, 5.74) is -0.454. The Morgan fingerprint density at radius 3 is 2.35 bits per heavy atom. The van der Waals surface area contributed by atoms with Gasteiger partial charge in [0.1, 0.15) is 5.60 Å². The van der Waals surface area contributed by atoms with Crippen LogP contribution in [0.15, 0.2) is 0 Å². The third kappa shape index (κ3) is 6.54. The monoisotopic (exact) mass is 288 g/mol. The van der Waals surface area contributed by atoms with Gasteiger partial charge in [-0.25, -0.2) is 4.79 Å². The highest BCUT2D eigenvalue weighted by Crippen LogP contribution is 2.20. The van der Waals surface area contributed by atoms with Crippen LogP contribution in [0.2, 0.25) is 0 Å². The second kappa shape index (κ2) is 7.81. The molecule has 0 radical (unpaired) electrons. The summed E-state index contributed by atoms with van der Waals surface area (Å²) < 4.78 is 15.5. The predicted octanol–water partition coefficient (Wildman–Crippen LogP) is 1.64. The fourth-order valence-electron chi connectivity index (χ4n) is 2.30. The number of amides is 1. The molecule has 0 aliphatic heterocycles. The molecule has 1 saturated carbocycles. The molecule has 6 nitrogen and oxygen atoms in total. The second-order valence-electron chi connectivity index (χ2n) is 6.16. The summed E-state index contributed by atoms with van der Waals surface area (Å²) in [6.07, 6.45) is 2.32. The van der Waals surface area contributed by atoms with E-state index >= 15 is 0 Å². The van der Waals surface area contributed by atoms with Gasteiger partial charge in [-0.1, -0.05) is 0 Å². The number of ether oxygens (including phenoxy) is 3. The average molecular weight is 288 g/mol. The Labute approximate surface area is 121 Å². The summed E-state index contributed by atoms with van der Waals surface area (Å²) in [4.78, 5) is 11.7. The molecule has 0 saturated heterocycles. The Morgan fingerprint density at radius 1 is 1.20 bits per heavy atom. The van der Waals surface area contributed by atoms with Gasteiger partial charge in [0.25, 0.3) is 0 Å². The third-order valence-electron chi connectivity index (χ3n) is 3.25. The van der Waals surface area contributed by atoms with E-state index in [9.17, 15) is 4.79 Å². The SMILES string of the molecule is COC(CNC1CCC(NC(=O)OC(C)(C)C)C1)OC. The van der Waals surface area contributed by atoms with Crippen molar-refractivity contribution in [1.82, 2.24) is 10.6 Å². The minimum absolute atomic E-state index is 0.172. The molecule has 0 aromatic rings. The topological polar surface area (TPSA) is 68.8 Å². The van der Waals surface area contributed by atoms with Gasteiger partial charge in [-0.2, -0.15) is 0 Å². The van der Waals surface area contributed by atoms with E-state index in [1.165, 1.54) is 0 Å². The van der Waals surface area contributed by atoms with Crippen molar-refractivity contribution in [2.24, 2.45) is 0 Å². The first-order valence-corrected chi connectivity index (χ1v) is 7.12. The van der Waals surface area contributed by atoms with Crippen LogP contribution in [0, 0.1) is 0 Å².